The predicted octanol–water partition coefficient (Wildman–Crippen LogP) is 0.752. The molecular weight excluding hydrogens is 414 g/mol. The van der Waals surface area contributed by atoms with Crippen molar-refractivity contribution >= 4 is 22.0 Å². The maximum Gasteiger partial charge on any atom is 0.414 e. The number of hydrogen-bond donors (Lipinski definition) is 2. The topological polar surface area (TPSA) is 137 Å². The van der Waals surface area contributed by atoms with Gasteiger partial charge in [-0.15, -0.1) is 0 Å². The number of nitrogens with zero attached hydrogens (tertiary/aromatic N) is 3. The van der Waals surface area contributed by atoms with E-state index in [0.29, 0.717) is 23.7 Å². The number of methoxy groups -OCH3 is 1. The van der Waals surface area contributed by atoms with Crippen LogP contribution in [0.3, 0.4) is 0 Å². The van der Waals surface area contributed by atoms with Crippen molar-refractivity contribution in [2.45, 2.75) is 11.4 Å². The molecule has 11 heteroatoms. The molecule has 2 heterocycles. The number of carbonyl (C=O) groups is 2. The minimum absolute atomic E-state index is 0.311. The zero-order chi connectivity index (χ0) is 22.1. The number of ether oxygens (including phenoxy) is 1. The van der Waals surface area contributed by atoms with Crippen molar-refractivity contribution in [3.8, 4) is 5.75 Å². The molecule has 1 aromatic heterocycles. The van der Waals surface area contributed by atoms with Crippen molar-refractivity contribution in [1.29, 1.82) is 0 Å². The molecule has 1 fully saturated rings. The molecule has 0 unspecified atom stereocenters. The number of aliphatic carboxylic acids is 2. The number of sulfonamides is 1. The van der Waals surface area contributed by atoms with Gasteiger partial charge in [-0.2, -0.15) is 4.31 Å². The first-order chi connectivity index (χ1) is 14.2. The van der Waals surface area contributed by atoms with E-state index in [1.807, 2.05) is 12.1 Å². The van der Waals surface area contributed by atoms with Crippen LogP contribution in [0, 0.1) is 0 Å². The second-order valence-electron chi connectivity index (χ2n) is 6.32. The molecule has 2 aromatic rings. The van der Waals surface area contributed by atoms with E-state index in [4.69, 9.17) is 24.5 Å². The van der Waals surface area contributed by atoms with Gasteiger partial charge in [-0.25, -0.2) is 18.0 Å². The molecule has 162 valence electrons. The van der Waals surface area contributed by atoms with Gasteiger partial charge in [0, 0.05) is 45.1 Å². The van der Waals surface area contributed by atoms with E-state index in [-0.39, 0.29) is 0 Å². The Morgan fingerprint density at radius 1 is 0.967 bits per heavy atom. The Bertz CT molecular complexity index is 930. The molecule has 0 radical (unpaired) electrons. The molecule has 1 aliphatic heterocycles. The van der Waals surface area contributed by atoms with E-state index >= 15 is 0 Å². The molecule has 10 nitrogen and oxygen atoms in total. The molecule has 0 spiro atoms. The average Bonchev–Trinajstić information content (AvgIpc) is 2.75. The molecule has 0 bridgehead atoms. The molecule has 3 rings (SSSR count). The van der Waals surface area contributed by atoms with Gasteiger partial charge in [0.25, 0.3) is 0 Å². The first-order valence-corrected chi connectivity index (χ1v) is 10.4. The first kappa shape index (κ1) is 23.3. The molecule has 0 amide bonds. The fourth-order valence-electron chi connectivity index (χ4n) is 2.77. The predicted molar refractivity (Wildman–Crippen MR) is 107 cm³/mol. The summed E-state index contributed by atoms with van der Waals surface area (Å²) in [5.41, 5.74) is 1.19. The van der Waals surface area contributed by atoms with Gasteiger partial charge in [0.05, 0.1) is 12.0 Å². The smallest absolute Gasteiger partial charge is 0.414 e. The van der Waals surface area contributed by atoms with Gasteiger partial charge >= 0.3 is 11.9 Å². The van der Waals surface area contributed by atoms with E-state index < -0.39 is 22.0 Å². The Morgan fingerprint density at radius 2 is 1.50 bits per heavy atom. The van der Waals surface area contributed by atoms with Gasteiger partial charge in [0.1, 0.15) is 5.75 Å². The van der Waals surface area contributed by atoms with Crippen LogP contribution in [0.15, 0.2) is 53.7 Å². The van der Waals surface area contributed by atoms with Gasteiger partial charge in [-0.3, -0.25) is 9.88 Å². The van der Waals surface area contributed by atoms with Crippen LogP contribution in [-0.4, -0.2) is 78.0 Å². The molecule has 1 saturated heterocycles. The van der Waals surface area contributed by atoms with Crippen LogP contribution >= 0.6 is 0 Å². The molecule has 0 atom stereocenters. The molecule has 0 saturated carbocycles. The van der Waals surface area contributed by atoms with Crippen LogP contribution in [0.25, 0.3) is 0 Å². The highest BCUT2D eigenvalue weighted by atomic mass is 32.2. The largest absolute Gasteiger partial charge is 0.497 e. The van der Waals surface area contributed by atoms with E-state index in [0.717, 1.165) is 19.6 Å². The number of aromatic nitrogens is 1. The summed E-state index contributed by atoms with van der Waals surface area (Å²) in [6, 6.07) is 10.5. The monoisotopic (exact) mass is 437 g/mol. The maximum atomic E-state index is 12.7. The summed E-state index contributed by atoms with van der Waals surface area (Å²) in [5, 5.41) is 14.8. The second kappa shape index (κ2) is 10.7. The third-order valence-electron chi connectivity index (χ3n) is 4.37. The van der Waals surface area contributed by atoms with E-state index in [9.17, 15) is 8.42 Å². The number of piperazine rings is 1. The maximum absolute atomic E-state index is 12.7. The highest BCUT2D eigenvalue weighted by molar-refractivity contribution is 7.89. The molecule has 1 aliphatic rings. The zero-order valence-corrected chi connectivity index (χ0v) is 17.2. The van der Waals surface area contributed by atoms with Gasteiger partial charge < -0.3 is 14.9 Å². The highest BCUT2D eigenvalue weighted by Crippen LogP contribution is 2.21. The number of rotatable bonds is 5. The van der Waals surface area contributed by atoms with Crippen LogP contribution in [0.1, 0.15) is 5.56 Å². The lowest BCUT2D eigenvalue weighted by molar-refractivity contribution is -0.159. The van der Waals surface area contributed by atoms with Crippen molar-refractivity contribution in [3.63, 3.8) is 0 Å². The summed E-state index contributed by atoms with van der Waals surface area (Å²) in [6.07, 6.45) is 3.56. The molecule has 0 aliphatic carbocycles. The van der Waals surface area contributed by atoms with E-state index in [2.05, 4.69) is 9.88 Å². The summed E-state index contributed by atoms with van der Waals surface area (Å²) in [7, 11) is -1.88. The molecule has 2 N–H and O–H groups in total. The Labute approximate surface area is 174 Å². The Hall–Kier alpha value is -3.02. The zero-order valence-electron chi connectivity index (χ0n) is 16.3. The Morgan fingerprint density at radius 3 is 1.97 bits per heavy atom. The van der Waals surface area contributed by atoms with Crippen molar-refractivity contribution in [2.75, 3.05) is 33.3 Å². The lowest BCUT2D eigenvalue weighted by Gasteiger charge is -2.34. The normalized spacial score (nSPS) is 15.0. The second-order valence-corrected chi connectivity index (χ2v) is 8.26. The minimum atomic E-state index is -3.44. The van der Waals surface area contributed by atoms with Crippen molar-refractivity contribution in [1.82, 2.24) is 14.2 Å². The number of benzene rings is 1. The van der Waals surface area contributed by atoms with Crippen LogP contribution in [-0.2, 0) is 26.2 Å². The number of carboxylic acid groups (broad SMARTS) is 2. The van der Waals surface area contributed by atoms with Crippen LogP contribution in [0.4, 0.5) is 0 Å². The van der Waals surface area contributed by atoms with Crippen LogP contribution < -0.4 is 4.74 Å². The standard InChI is InChI=1S/C17H21N3O3S.C2H2O4/c1-23-16-2-4-17(5-3-16)24(21,22)20-12-10-19(11-13-20)14-15-6-8-18-9-7-15;3-1(4)2(5)6/h2-9H,10-14H2,1H3;(H,3,4)(H,5,6). The first-order valence-electron chi connectivity index (χ1n) is 8.95. The van der Waals surface area contributed by atoms with E-state index in [1.165, 1.54) is 5.56 Å². The summed E-state index contributed by atoms with van der Waals surface area (Å²) < 4.78 is 32.1. The number of hydrogen-bond acceptors (Lipinski definition) is 7. The Balaban J connectivity index is 0.000000469. The van der Waals surface area contributed by atoms with Crippen LogP contribution in [0.2, 0.25) is 0 Å². The van der Waals surface area contributed by atoms with Crippen molar-refractivity contribution in [3.05, 3.63) is 54.4 Å². The molecule has 1 aromatic carbocycles. The highest BCUT2D eigenvalue weighted by Gasteiger charge is 2.28. The lowest BCUT2D eigenvalue weighted by Crippen LogP contribution is -2.48. The summed E-state index contributed by atoms with van der Waals surface area (Å²) in [4.78, 5) is 24.8. The van der Waals surface area contributed by atoms with Crippen molar-refractivity contribution < 1.29 is 33.0 Å². The van der Waals surface area contributed by atoms with Crippen LogP contribution in [0.5, 0.6) is 5.75 Å². The number of carboxylic acids is 2. The SMILES string of the molecule is COc1ccc(S(=O)(=O)N2CCN(Cc3ccncc3)CC2)cc1.O=C(O)C(=O)O. The van der Waals surface area contributed by atoms with Gasteiger partial charge in [-0.05, 0) is 42.0 Å². The minimum Gasteiger partial charge on any atom is -0.497 e. The Kier molecular flexibility index (Phi) is 8.27. The van der Waals surface area contributed by atoms with E-state index in [1.54, 1.807) is 48.1 Å². The molecular formula is C19H23N3O7S. The summed E-state index contributed by atoms with van der Waals surface area (Å²) in [5.74, 6) is -3.00. The van der Waals surface area contributed by atoms with Crippen molar-refractivity contribution in [2.24, 2.45) is 0 Å². The average molecular weight is 437 g/mol. The van der Waals surface area contributed by atoms with Gasteiger partial charge in [0.15, 0.2) is 0 Å². The quantitative estimate of drug-likeness (QED) is 0.649. The molecule has 30 heavy (non-hydrogen) atoms. The number of pyridine rings is 1. The summed E-state index contributed by atoms with van der Waals surface area (Å²) >= 11 is 0. The fourth-order valence-corrected chi connectivity index (χ4v) is 4.19. The van der Waals surface area contributed by atoms with Gasteiger partial charge in [-0.1, -0.05) is 0 Å². The van der Waals surface area contributed by atoms with Gasteiger partial charge in [0.2, 0.25) is 10.0 Å². The summed E-state index contributed by atoms with van der Waals surface area (Å²) in [6.45, 7) is 3.26. The third-order valence-corrected chi connectivity index (χ3v) is 6.28. The fraction of sp³-hybridized carbons (Fsp3) is 0.316. The lowest BCUT2D eigenvalue weighted by atomic mass is 10.2. The third kappa shape index (κ3) is 6.51.